The summed E-state index contributed by atoms with van der Waals surface area (Å²) < 4.78 is 0. The van der Waals surface area contributed by atoms with Crippen molar-refractivity contribution in [1.82, 2.24) is 15.1 Å². The van der Waals surface area contributed by atoms with Crippen molar-refractivity contribution in [2.45, 2.75) is 37.7 Å². The summed E-state index contributed by atoms with van der Waals surface area (Å²) in [6.07, 6.45) is 6.79. The van der Waals surface area contributed by atoms with Crippen molar-refractivity contribution in [3.8, 4) is 0 Å². The minimum Gasteiger partial charge on any atom is -0.389 e. The van der Waals surface area contributed by atoms with Crippen LogP contribution in [-0.4, -0.2) is 45.4 Å². The van der Waals surface area contributed by atoms with E-state index in [1.807, 2.05) is 11.0 Å². The maximum atomic E-state index is 12.9. The van der Waals surface area contributed by atoms with Crippen LogP contribution in [0.5, 0.6) is 0 Å². The maximum Gasteiger partial charge on any atom is 0.253 e. The van der Waals surface area contributed by atoms with Crippen LogP contribution in [0.25, 0.3) is 10.9 Å². The average molecular weight is 359 g/mol. The first-order valence-corrected chi connectivity index (χ1v) is 9.18. The van der Waals surface area contributed by atoms with Crippen molar-refractivity contribution >= 4 is 34.1 Å². The second-order valence-corrected chi connectivity index (χ2v) is 7.80. The number of rotatable bonds is 2. The van der Waals surface area contributed by atoms with Crippen LogP contribution in [-0.2, 0) is 4.84 Å². The number of fused-ring (bicyclic) bond motifs is 1. The zero-order valence-corrected chi connectivity index (χ0v) is 14.6. The molecule has 1 saturated carbocycles. The van der Waals surface area contributed by atoms with E-state index < -0.39 is 0 Å². The fourth-order valence-electron chi connectivity index (χ4n) is 3.89. The Morgan fingerprint density at radius 3 is 2.88 bits per heavy atom. The second-order valence-electron chi connectivity index (χ2n) is 7.39. The molecule has 3 heterocycles. The number of halogens is 1. The van der Waals surface area contributed by atoms with Gasteiger partial charge in [-0.15, -0.1) is 0 Å². The highest BCUT2D eigenvalue weighted by atomic mass is 35.5. The lowest BCUT2D eigenvalue weighted by Gasteiger charge is -2.37. The first-order valence-electron chi connectivity index (χ1n) is 8.80. The van der Waals surface area contributed by atoms with Crippen LogP contribution in [0, 0.1) is 5.92 Å². The van der Waals surface area contributed by atoms with Gasteiger partial charge in [-0.3, -0.25) is 9.89 Å². The Hall–Kier alpha value is -2.08. The topological polar surface area (TPSA) is 70.6 Å². The van der Waals surface area contributed by atoms with Crippen molar-refractivity contribution < 1.29 is 9.63 Å². The summed E-state index contributed by atoms with van der Waals surface area (Å²) in [7, 11) is 0. The van der Waals surface area contributed by atoms with Crippen LogP contribution < -0.4 is 0 Å². The third-order valence-electron chi connectivity index (χ3n) is 5.62. The van der Waals surface area contributed by atoms with Crippen LogP contribution in [0.4, 0.5) is 0 Å². The second kappa shape index (κ2) is 5.46. The van der Waals surface area contributed by atoms with E-state index in [4.69, 9.17) is 16.4 Å². The number of H-pyrrole nitrogens is 1. The zero-order valence-electron chi connectivity index (χ0n) is 13.8. The van der Waals surface area contributed by atoms with E-state index in [-0.39, 0.29) is 11.5 Å². The molecule has 0 bridgehead atoms. The van der Waals surface area contributed by atoms with Crippen LogP contribution in [0.2, 0.25) is 5.02 Å². The Labute approximate surface area is 150 Å². The van der Waals surface area contributed by atoms with Crippen LogP contribution in [0.1, 0.15) is 42.5 Å². The van der Waals surface area contributed by atoms with E-state index >= 15 is 0 Å². The van der Waals surface area contributed by atoms with Gasteiger partial charge in [0, 0.05) is 49.2 Å². The number of nitrogens with one attached hydrogen (secondary N) is 1. The van der Waals surface area contributed by atoms with Crippen molar-refractivity contribution in [1.29, 1.82) is 0 Å². The van der Waals surface area contributed by atoms with Crippen molar-refractivity contribution in [2.24, 2.45) is 11.1 Å². The number of piperidine rings is 1. The molecule has 0 atom stereocenters. The molecule has 0 unspecified atom stereocenters. The van der Waals surface area contributed by atoms with E-state index in [0.29, 0.717) is 29.6 Å². The van der Waals surface area contributed by atoms with Gasteiger partial charge in [0.15, 0.2) is 0 Å². The maximum absolute atomic E-state index is 12.9. The molecule has 25 heavy (non-hydrogen) atoms. The summed E-state index contributed by atoms with van der Waals surface area (Å²) in [4.78, 5) is 20.6. The number of amides is 1. The Morgan fingerprint density at radius 2 is 2.12 bits per heavy atom. The van der Waals surface area contributed by atoms with E-state index in [0.717, 1.165) is 30.2 Å². The number of benzene rings is 1. The SMILES string of the molecule is O=C(c1cc(Cl)c2[nH]ncc2c1)N1CCC2(CC1)CC(C1CC1)=NO2. The highest BCUT2D eigenvalue weighted by Gasteiger charge is 2.46. The molecule has 6 nitrogen and oxygen atoms in total. The number of oxime groups is 1. The summed E-state index contributed by atoms with van der Waals surface area (Å²) in [5, 5.41) is 12.5. The molecule has 0 radical (unpaired) electrons. The van der Waals surface area contributed by atoms with Crippen LogP contribution in [0.15, 0.2) is 23.5 Å². The van der Waals surface area contributed by atoms with Gasteiger partial charge in [0.05, 0.1) is 22.4 Å². The van der Waals surface area contributed by atoms with E-state index in [2.05, 4.69) is 15.4 Å². The van der Waals surface area contributed by atoms with Gasteiger partial charge >= 0.3 is 0 Å². The Bertz CT molecular complexity index is 878. The summed E-state index contributed by atoms with van der Waals surface area (Å²) in [6.45, 7) is 1.38. The minimum atomic E-state index is -0.180. The predicted molar refractivity (Wildman–Crippen MR) is 94.8 cm³/mol. The van der Waals surface area contributed by atoms with Crippen molar-refractivity contribution in [3.63, 3.8) is 0 Å². The number of carbonyl (C=O) groups excluding carboxylic acids is 1. The van der Waals surface area contributed by atoms with Crippen molar-refractivity contribution in [2.75, 3.05) is 13.1 Å². The third kappa shape index (κ3) is 2.59. The molecule has 1 amide bonds. The first-order chi connectivity index (χ1) is 12.1. The molecule has 1 aromatic carbocycles. The van der Waals surface area contributed by atoms with Gasteiger partial charge in [0.2, 0.25) is 0 Å². The largest absolute Gasteiger partial charge is 0.389 e. The number of hydrogen-bond acceptors (Lipinski definition) is 4. The van der Waals surface area contributed by atoms with Gasteiger partial charge in [0.1, 0.15) is 5.60 Å². The number of hydrogen-bond donors (Lipinski definition) is 1. The normalized spacial score (nSPS) is 22.3. The van der Waals surface area contributed by atoms with Gasteiger partial charge < -0.3 is 9.74 Å². The third-order valence-corrected chi connectivity index (χ3v) is 5.92. The molecule has 2 aromatic rings. The monoisotopic (exact) mass is 358 g/mol. The van der Waals surface area contributed by atoms with Gasteiger partial charge in [-0.2, -0.15) is 5.10 Å². The molecule has 130 valence electrons. The summed E-state index contributed by atoms with van der Waals surface area (Å²) in [6, 6.07) is 3.56. The average Bonchev–Trinajstić information content (AvgIpc) is 3.22. The Morgan fingerprint density at radius 1 is 1.32 bits per heavy atom. The number of carbonyl (C=O) groups is 1. The number of aromatic nitrogens is 2. The number of aromatic amines is 1. The smallest absolute Gasteiger partial charge is 0.253 e. The highest BCUT2D eigenvalue weighted by Crippen LogP contribution is 2.42. The van der Waals surface area contributed by atoms with E-state index in [9.17, 15) is 4.79 Å². The summed E-state index contributed by atoms with van der Waals surface area (Å²) in [5.41, 5.74) is 2.43. The van der Waals surface area contributed by atoms with E-state index in [1.54, 1.807) is 12.3 Å². The Kier molecular flexibility index (Phi) is 3.32. The highest BCUT2D eigenvalue weighted by molar-refractivity contribution is 6.35. The predicted octanol–water partition coefficient (Wildman–Crippen LogP) is 3.38. The minimum absolute atomic E-state index is 0.0150. The molecule has 1 aromatic heterocycles. The first kappa shape index (κ1) is 15.2. The standard InChI is InChI=1S/C18H19ClN4O2/c19-14-8-12(7-13-10-20-21-16(13)14)17(24)23-5-3-18(4-6-23)9-15(22-25-18)11-1-2-11/h7-8,10-11H,1-6,9H2,(H,20,21). The molecule has 1 saturated heterocycles. The lowest BCUT2D eigenvalue weighted by atomic mass is 9.86. The number of likely N-dealkylation sites (tertiary alicyclic amines) is 1. The fraction of sp³-hybridized carbons (Fsp3) is 0.500. The van der Waals surface area contributed by atoms with E-state index in [1.165, 1.54) is 18.6 Å². The van der Waals surface area contributed by atoms with Gasteiger partial charge in [-0.1, -0.05) is 16.8 Å². The zero-order chi connectivity index (χ0) is 17.0. The lowest BCUT2D eigenvalue weighted by Crippen LogP contribution is -2.46. The summed E-state index contributed by atoms with van der Waals surface area (Å²) >= 11 is 6.26. The molecule has 5 rings (SSSR count). The molecule has 1 spiro atoms. The quantitative estimate of drug-likeness (QED) is 0.894. The van der Waals surface area contributed by atoms with Crippen LogP contribution in [0.3, 0.4) is 0 Å². The summed E-state index contributed by atoms with van der Waals surface area (Å²) in [5.74, 6) is 0.670. The molecule has 1 N–H and O–H groups in total. The van der Waals surface area contributed by atoms with Crippen molar-refractivity contribution in [3.05, 3.63) is 28.9 Å². The molecule has 3 aliphatic rings. The molecular weight excluding hydrogens is 340 g/mol. The van der Waals surface area contributed by atoms with Gasteiger partial charge in [0.25, 0.3) is 5.91 Å². The number of nitrogens with zero attached hydrogens (tertiary/aromatic N) is 3. The lowest BCUT2D eigenvalue weighted by molar-refractivity contribution is -0.0568. The molecular formula is C18H19ClN4O2. The van der Waals surface area contributed by atoms with Gasteiger partial charge in [-0.05, 0) is 25.0 Å². The fourth-order valence-corrected chi connectivity index (χ4v) is 4.16. The molecule has 2 aliphatic heterocycles. The Balaban J connectivity index is 1.29. The molecule has 1 aliphatic carbocycles. The molecule has 2 fully saturated rings. The van der Waals surface area contributed by atoms with Crippen LogP contribution >= 0.6 is 11.6 Å². The van der Waals surface area contributed by atoms with Gasteiger partial charge in [-0.25, -0.2) is 0 Å². The molecule has 7 heteroatoms.